The Morgan fingerprint density at radius 1 is 1.10 bits per heavy atom. The molecule has 1 aliphatic rings. The van der Waals surface area contributed by atoms with Crippen LogP contribution in [-0.4, -0.2) is 64.6 Å². The molecule has 0 bridgehead atoms. The Morgan fingerprint density at radius 3 is 2.41 bits per heavy atom. The molecule has 0 spiro atoms. The SMILES string of the molecule is Cc1cc(OCC(=O)N2CCCN(C(=O)c3ccc(=O)[nH]n3)CC2)cc(C)c1Cl. The van der Waals surface area contributed by atoms with Gasteiger partial charge in [0.15, 0.2) is 6.61 Å². The number of hydrogen-bond donors (Lipinski definition) is 1. The summed E-state index contributed by atoms with van der Waals surface area (Å²) in [4.78, 5) is 39.6. The van der Waals surface area contributed by atoms with Crippen LogP contribution in [0.5, 0.6) is 5.75 Å². The molecule has 2 amide bonds. The first-order chi connectivity index (χ1) is 13.8. The Bertz CT molecular complexity index is 932. The second-order valence-corrected chi connectivity index (χ2v) is 7.37. The summed E-state index contributed by atoms with van der Waals surface area (Å²) >= 11 is 6.16. The second kappa shape index (κ2) is 9.09. The van der Waals surface area contributed by atoms with Crippen molar-refractivity contribution < 1.29 is 14.3 Å². The fraction of sp³-hybridized carbons (Fsp3) is 0.400. The van der Waals surface area contributed by atoms with Gasteiger partial charge in [-0.2, -0.15) is 5.10 Å². The number of aromatic nitrogens is 2. The van der Waals surface area contributed by atoms with Crippen molar-refractivity contribution in [2.24, 2.45) is 0 Å². The van der Waals surface area contributed by atoms with Gasteiger partial charge < -0.3 is 14.5 Å². The van der Waals surface area contributed by atoms with Gasteiger partial charge in [-0.15, -0.1) is 0 Å². The predicted molar refractivity (Wildman–Crippen MR) is 108 cm³/mol. The zero-order chi connectivity index (χ0) is 21.0. The Balaban J connectivity index is 1.56. The van der Waals surface area contributed by atoms with E-state index in [4.69, 9.17) is 16.3 Å². The highest BCUT2D eigenvalue weighted by atomic mass is 35.5. The molecule has 1 N–H and O–H groups in total. The van der Waals surface area contributed by atoms with Crippen molar-refractivity contribution in [1.29, 1.82) is 0 Å². The second-order valence-electron chi connectivity index (χ2n) is 6.99. The molecule has 1 aromatic carbocycles. The van der Waals surface area contributed by atoms with Crippen LogP contribution < -0.4 is 10.3 Å². The summed E-state index contributed by atoms with van der Waals surface area (Å²) in [6.07, 6.45) is 0.653. The monoisotopic (exact) mass is 418 g/mol. The van der Waals surface area contributed by atoms with E-state index in [0.29, 0.717) is 43.4 Å². The molecular formula is C20H23ClN4O4. The number of carbonyl (C=O) groups excluding carboxylic acids is 2. The van der Waals surface area contributed by atoms with Crippen LogP contribution in [0.3, 0.4) is 0 Å². The summed E-state index contributed by atoms with van der Waals surface area (Å²) in [5.41, 5.74) is 1.62. The molecule has 29 heavy (non-hydrogen) atoms. The third kappa shape index (κ3) is 5.14. The Labute approximate surface area is 173 Å². The molecule has 1 aliphatic heterocycles. The molecule has 1 fully saturated rings. The van der Waals surface area contributed by atoms with Gasteiger partial charge in [-0.3, -0.25) is 14.4 Å². The molecule has 0 saturated carbocycles. The van der Waals surface area contributed by atoms with Crippen molar-refractivity contribution >= 4 is 23.4 Å². The van der Waals surface area contributed by atoms with E-state index in [0.717, 1.165) is 11.1 Å². The lowest BCUT2D eigenvalue weighted by molar-refractivity contribution is -0.133. The molecule has 3 rings (SSSR count). The largest absolute Gasteiger partial charge is 0.484 e. The lowest BCUT2D eigenvalue weighted by Gasteiger charge is -2.22. The van der Waals surface area contributed by atoms with Gasteiger partial charge in [0.1, 0.15) is 11.4 Å². The third-order valence-corrected chi connectivity index (χ3v) is 5.40. The number of ether oxygens (including phenoxy) is 1. The summed E-state index contributed by atoms with van der Waals surface area (Å²) in [6, 6.07) is 6.29. The van der Waals surface area contributed by atoms with Crippen molar-refractivity contribution in [1.82, 2.24) is 20.0 Å². The minimum absolute atomic E-state index is 0.0735. The van der Waals surface area contributed by atoms with Crippen LogP contribution >= 0.6 is 11.6 Å². The maximum atomic E-state index is 12.6. The van der Waals surface area contributed by atoms with Crippen LogP contribution in [0.15, 0.2) is 29.1 Å². The van der Waals surface area contributed by atoms with Gasteiger partial charge in [0.05, 0.1) is 0 Å². The molecule has 9 heteroatoms. The van der Waals surface area contributed by atoms with Gasteiger partial charge in [0.25, 0.3) is 17.4 Å². The lowest BCUT2D eigenvalue weighted by atomic mass is 10.1. The number of nitrogens with zero attached hydrogens (tertiary/aromatic N) is 3. The predicted octanol–water partition coefficient (Wildman–Crippen LogP) is 1.79. The average Bonchev–Trinajstić information content (AvgIpc) is 2.96. The summed E-state index contributed by atoms with van der Waals surface area (Å²) in [5.74, 6) is 0.208. The first kappa shape index (κ1) is 20.9. The van der Waals surface area contributed by atoms with Crippen LogP contribution in [0.1, 0.15) is 28.0 Å². The quantitative estimate of drug-likeness (QED) is 0.816. The molecule has 1 saturated heterocycles. The number of aryl methyl sites for hydroxylation is 2. The van der Waals surface area contributed by atoms with Gasteiger partial charge >= 0.3 is 0 Å². The zero-order valence-corrected chi connectivity index (χ0v) is 17.2. The maximum Gasteiger partial charge on any atom is 0.274 e. The van der Waals surface area contributed by atoms with E-state index in [-0.39, 0.29) is 29.7 Å². The number of benzene rings is 1. The molecule has 0 atom stereocenters. The topological polar surface area (TPSA) is 95.6 Å². The fourth-order valence-corrected chi connectivity index (χ4v) is 3.33. The first-order valence-electron chi connectivity index (χ1n) is 9.37. The standard InChI is InChI=1S/C20H23ClN4O4/c1-13-10-15(11-14(2)19(13)21)29-12-18(27)24-6-3-7-25(9-8-24)20(28)16-4-5-17(26)23-22-16/h4-5,10-11H,3,6-9,12H2,1-2H3,(H,23,26). The zero-order valence-electron chi connectivity index (χ0n) is 16.4. The van der Waals surface area contributed by atoms with Crippen molar-refractivity contribution in [2.75, 3.05) is 32.8 Å². The van der Waals surface area contributed by atoms with Gasteiger partial charge in [0, 0.05) is 37.3 Å². The number of H-pyrrole nitrogens is 1. The minimum atomic E-state index is -0.361. The van der Waals surface area contributed by atoms with Crippen molar-refractivity contribution in [2.45, 2.75) is 20.3 Å². The van der Waals surface area contributed by atoms with Gasteiger partial charge in [0.2, 0.25) is 0 Å². The van der Waals surface area contributed by atoms with Crippen LogP contribution in [0.25, 0.3) is 0 Å². The van der Waals surface area contributed by atoms with E-state index < -0.39 is 0 Å². The molecule has 2 heterocycles. The van der Waals surface area contributed by atoms with E-state index in [9.17, 15) is 14.4 Å². The van der Waals surface area contributed by atoms with E-state index in [2.05, 4.69) is 10.2 Å². The molecule has 0 unspecified atom stereocenters. The highest BCUT2D eigenvalue weighted by molar-refractivity contribution is 6.32. The lowest BCUT2D eigenvalue weighted by Crippen LogP contribution is -2.39. The van der Waals surface area contributed by atoms with Crippen molar-refractivity contribution in [3.8, 4) is 5.75 Å². The van der Waals surface area contributed by atoms with E-state index >= 15 is 0 Å². The Kier molecular flexibility index (Phi) is 6.53. The first-order valence-corrected chi connectivity index (χ1v) is 9.75. The number of nitrogens with one attached hydrogen (secondary N) is 1. The molecule has 154 valence electrons. The van der Waals surface area contributed by atoms with E-state index in [1.54, 1.807) is 9.80 Å². The molecule has 8 nitrogen and oxygen atoms in total. The smallest absolute Gasteiger partial charge is 0.274 e. The fourth-order valence-electron chi connectivity index (χ4n) is 3.22. The highest BCUT2D eigenvalue weighted by Gasteiger charge is 2.24. The normalized spacial score (nSPS) is 14.4. The number of aromatic amines is 1. The van der Waals surface area contributed by atoms with Gasteiger partial charge in [-0.05, 0) is 49.6 Å². The molecule has 1 aromatic heterocycles. The number of halogens is 1. The Hall–Kier alpha value is -2.87. The molecular weight excluding hydrogens is 396 g/mol. The van der Waals surface area contributed by atoms with Crippen LogP contribution in [0.2, 0.25) is 5.02 Å². The molecule has 0 aliphatic carbocycles. The molecule has 2 aromatic rings. The van der Waals surface area contributed by atoms with Crippen LogP contribution in [-0.2, 0) is 4.79 Å². The summed E-state index contributed by atoms with van der Waals surface area (Å²) in [5, 5.41) is 6.74. The maximum absolute atomic E-state index is 12.6. The van der Waals surface area contributed by atoms with Crippen molar-refractivity contribution in [3.05, 3.63) is 56.5 Å². The number of amides is 2. The number of rotatable bonds is 4. The van der Waals surface area contributed by atoms with Crippen LogP contribution in [0, 0.1) is 13.8 Å². The number of carbonyl (C=O) groups is 2. The number of hydrogen-bond acceptors (Lipinski definition) is 5. The van der Waals surface area contributed by atoms with Crippen LogP contribution in [0.4, 0.5) is 0 Å². The molecule has 0 radical (unpaired) electrons. The minimum Gasteiger partial charge on any atom is -0.484 e. The summed E-state index contributed by atoms with van der Waals surface area (Å²) in [7, 11) is 0. The average molecular weight is 419 g/mol. The van der Waals surface area contributed by atoms with Gasteiger partial charge in [-0.25, -0.2) is 5.10 Å². The third-order valence-electron chi connectivity index (χ3n) is 4.81. The van der Waals surface area contributed by atoms with Crippen molar-refractivity contribution in [3.63, 3.8) is 0 Å². The van der Waals surface area contributed by atoms with E-state index in [1.807, 2.05) is 26.0 Å². The summed E-state index contributed by atoms with van der Waals surface area (Å²) < 4.78 is 5.66. The Morgan fingerprint density at radius 2 is 1.76 bits per heavy atom. The highest BCUT2D eigenvalue weighted by Crippen LogP contribution is 2.25. The summed E-state index contributed by atoms with van der Waals surface area (Å²) in [6.45, 7) is 5.57. The van der Waals surface area contributed by atoms with Gasteiger partial charge in [-0.1, -0.05) is 11.6 Å². The van der Waals surface area contributed by atoms with E-state index in [1.165, 1.54) is 12.1 Å².